The number of thiazole rings is 1. The first-order chi connectivity index (χ1) is 20.6. The van der Waals surface area contributed by atoms with Gasteiger partial charge in [-0.2, -0.15) is 0 Å². The average Bonchev–Trinajstić information content (AvgIpc) is 3.29. The van der Waals surface area contributed by atoms with E-state index in [1.54, 1.807) is 74.9 Å². The summed E-state index contributed by atoms with van der Waals surface area (Å²) in [5, 5.41) is 9.05. The van der Waals surface area contributed by atoms with Crippen LogP contribution >= 0.6 is 11.3 Å². The third-order valence-corrected chi connectivity index (χ3v) is 7.78. The molecular weight excluding hydrogens is 568 g/mol. The number of rotatable bonds is 9. The largest absolute Gasteiger partial charge is 0.497 e. The number of aromatic nitrogens is 1. The molecule has 9 nitrogen and oxygen atoms in total. The van der Waals surface area contributed by atoms with Crippen LogP contribution in [0.1, 0.15) is 53.9 Å². The second kappa shape index (κ2) is 12.5. The number of hydrogen-bond donors (Lipinski definition) is 1. The molecule has 3 aromatic carbocycles. The molecule has 2 heterocycles. The smallest absolute Gasteiger partial charge is 0.338 e. The fraction of sp³-hybridized carbons (Fsp3) is 0.212. The molecule has 1 aliphatic rings. The molecule has 0 saturated heterocycles. The summed E-state index contributed by atoms with van der Waals surface area (Å²) < 4.78 is 18.7. The van der Waals surface area contributed by atoms with Gasteiger partial charge in [0.25, 0.3) is 5.56 Å². The summed E-state index contributed by atoms with van der Waals surface area (Å²) in [5.41, 5.74) is 3.13. The maximum Gasteiger partial charge on any atom is 0.338 e. The zero-order valence-electron chi connectivity index (χ0n) is 24.1. The number of allylic oxidation sites excluding steroid dienone is 1. The van der Waals surface area contributed by atoms with Gasteiger partial charge in [0.05, 0.1) is 40.6 Å². The van der Waals surface area contributed by atoms with Gasteiger partial charge in [0.1, 0.15) is 18.1 Å². The molecule has 4 aromatic rings. The van der Waals surface area contributed by atoms with E-state index in [-0.39, 0.29) is 23.8 Å². The molecule has 1 aliphatic heterocycles. The van der Waals surface area contributed by atoms with Crippen molar-refractivity contribution >= 4 is 29.4 Å². The number of benzene rings is 3. The first-order valence-corrected chi connectivity index (χ1v) is 14.4. The van der Waals surface area contributed by atoms with Crippen molar-refractivity contribution in [3.63, 3.8) is 0 Å². The van der Waals surface area contributed by atoms with Gasteiger partial charge in [-0.05, 0) is 79.9 Å². The van der Waals surface area contributed by atoms with Gasteiger partial charge < -0.3 is 19.3 Å². The minimum absolute atomic E-state index is 0.218. The van der Waals surface area contributed by atoms with Crippen molar-refractivity contribution in [2.75, 3.05) is 7.11 Å². The van der Waals surface area contributed by atoms with Crippen molar-refractivity contribution in [2.45, 2.75) is 39.5 Å². The molecule has 43 heavy (non-hydrogen) atoms. The normalized spacial score (nSPS) is 14.7. The van der Waals surface area contributed by atoms with E-state index in [0.717, 1.165) is 16.7 Å². The maximum absolute atomic E-state index is 13.8. The zero-order valence-corrected chi connectivity index (χ0v) is 24.9. The summed E-state index contributed by atoms with van der Waals surface area (Å²) in [7, 11) is 1.58. The van der Waals surface area contributed by atoms with Crippen LogP contribution in [-0.4, -0.2) is 34.8 Å². The Hall–Kier alpha value is -4.96. The van der Waals surface area contributed by atoms with Crippen molar-refractivity contribution in [3.8, 4) is 11.5 Å². The number of fused-ring (bicyclic) bond motifs is 1. The van der Waals surface area contributed by atoms with Crippen LogP contribution < -0.4 is 24.4 Å². The number of methoxy groups -OCH3 is 1. The zero-order chi connectivity index (χ0) is 30.7. The number of ether oxygens (including phenoxy) is 3. The fourth-order valence-electron chi connectivity index (χ4n) is 4.68. The molecule has 0 radical (unpaired) electrons. The van der Waals surface area contributed by atoms with Gasteiger partial charge in [-0.15, -0.1) is 0 Å². The Bertz CT molecular complexity index is 1870. The Kier molecular flexibility index (Phi) is 8.58. The lowest BCUT2D eigenvalue weighted by molar-refractivity contribution is -0.143. The second-order valence-electron chi connectivity index (χ2n) is 10.2. The minimum atomic E-state index is -0.976. The van der Waals surface area contributed by atoms with Gasteiger partial charge in [0.2, 0.25) is 0 Å². The Balaban J connectivity index is 1.45. The van der Waals surface area contributed by atoms with Crippen molar-refractivity contribution in [1.29, 1.82) is 0 Å². The van der Waals surface area contributed by atoms with Crippen LogP contribution in [0.25, 0.3) is 6.08 Å². The molecule has 0 unspecified atom stereocenters. The van der Waals surface area contributed by atoms with Crippen LogP contribution in [0.2, 0.25) is 0 Å². The summed E-state index contributed by atoms with van der Waals surface area (Å²) in [6.07, 6.45) is 1.45. The Morgan fingerprint density at radius 1 is 1.00 bits per heavy atom. The van der Waals surface area contributed by atoms with E-state index >= 15 is 0 Å². The highest BCUT2D eigenvalue weighted by Gasteiger charge is 2.33. The van der Waals surface area contributed by atoms with Gasteiger partial charge >= 0.3 is 11.9 Å². The predicted octanol–water partition coefficient (Wildman–Crippen LogP) is 4.47. The standard InChI is InChI=1S/C33H30N2O7S/c1-19(2)42-32(39)28-20(3)34-33-35(29(28)23-11-15-25(40-4)16-12-23)30(36)27(43-33)17-21-7-13-26(14-8-21)41-18-22-5-9-24(10-6-22)31(37)38/h5-17,19,29H,18H2,1-4H3,(H,37,38)/b27-17+/t29-/m1/s1. The molecule has 1 aromatic heterocycles. The summed E-state index contributed by atoms with van der Waals surface area (Å²) in [6, 6.07) is 20.3. The molecule has 0 saturated carbocycles. The van der Waals surface area contributed by atoms with Gasteiger partial charge in [-0.25, -0.2) is 14.6 Å². The maximum atomic E-state index is 13.8. The molecule has 1 atom stereocenters. The van der Waals surface area contributed by atoms with Crippen molar-refractivity contribution in [1.82, 2.24) is 4.57 Å². The molecule has 0 spiro atoms. The Morgan fingerprint density at radius 3 is 2.26 bits per heavy atom. The topological polar surface area (TPSA) is 116 Å². The van der Waals surface area contributed by atoms with Crippen LogP contribution in [0.5, 0.6) is 11.5 Å². The number of carbonyl (C=O) groups is 2. The van der Waals surface area contributed by atoms with E-state index in [9.17, 15) is 14.4 Å². The number of esters is 1. The number of nitrogens with zero attached hydrogens (tertiary/aromatic N) is 2. The molecule has 0 amide bonds. The first-order valence-electron chi connectivity index (χ1n) is 13.6. The van der Waals surface area contributed by atoms with Gasteiger partial charge in [-0.1, -0.05) is 47.7 Å². The number of carbonyl (C=O) groups excluding carboxylic acids is 1. The average molecular weight is 599 g/mol. The van der Waals surface area contributed by atoms with E-state index in [4.69, 9.17) is 19.3 Å². The lowest BCUT2D eigenvalue weighted by Crippen LogP contribution is -2.40. The van der Waals surface area contributed by atoms with Gasteiger partial charge in [-0.3, -0.25) is 9.36 Å². The second-order valence-corrected chi connectivity index (χ2v) is 11.2. The van der Waals surface area contributed by atoms with E-state index in [2.05, 4.69) is 4.99 Å². The molecule has 0 fully saturated rings. The Morgan fingerprint density at radius 2 is 1.65 bits per heavy atom. The SMILES string of the molecule is COc1ccc([C@@H]2C(C(=O)OC(C)C)=C(C)N=c3s/c(=C/c4ccc(OCc5ccc(C(=O)O)cc5)cc4)c(=O)n32)cc1. The van der Waals surface area contributed by atoms with Crippen LogP contribution in [0.4, 0.5) is 0 Å². The highest BCUT2D eigenvalue weighted by molar-refractivity contribution is 7.07. The minimum Gasteiger partial charge on any atom is -0.497 e. The molecule has 0 aliphatic carbocycles. The van der Waals surface area contributed by atoms with Crippen molar-refractivity contribution < 1.29 is 28.9 Å². The van der Waals surface area contributed by atoms with E-state index in [0.29, 0.717) is 32.1 Å². The molecule has 5 rings (SSSR count). The summed E-state index contributed by atoms with van der Waals surface area (Å²) in [5.74, 6) is -0.202. The Labute approximate surface area is 251 Å². The monoisotopic (exact) mass is 598 g/mol. The van der Waals surface area contributed by atoms with E-state index < -0.39 is 18.0 Å². The highest BCUT2D eigenvalue weighted by atomic mass is 32.1. The number of hydrogen-bond acceptors (Lipinski definition) is 8. The third-order valence-electron chi connectivity index (χ3n) is 6.80. The van der Waals surface area contributed by atoms with Gasteiger partial charge in [0, 0.05) is 0 Å². The lowest BCUT2D eigenvalue weighted by Gasteiger charge is -2.25. The van der Waals surface area contributed by atoms with Gasteiger partial charge in [0.15, 0.2) is 4.80 Å². The third kappa shape index (κ3) is 6.44. The van der Waals surface area contributed by atoms with Crippen LogP contribution in [0.3, 0.4) is 0 Å². The number of carboxylic acid groups (broad SMARTS) is 1. The molecule has 10 heteroatoms. The summed E-state index contributed by atoms with van der Waals surface area (Å²) in [4.78, 5) is 43.2. The van der Waals surface area contributed by atoms with Crippen LogP contribution in [0.15, 0.2) is 93.9 Å². The first kappa shape index (κ1) is 29.5. The molecule has 220 valence electrons. The summed E-state index contributed by atoms with van der Waals surface area (Å²) in [6.45, 7) is 5.59. The van der Waals surface area contributed by atoms with Crippen molar-refractivity contribution in [3.05, 3.63) is 126 Å². The van der Waals surface area contributed by atoms with E-state index in [1.165, 1.54) is 23.5 Å². The quantitative estimate of drug-likeness (QED) is 0.283. The van der Waals surface area contributed by atoms with Crippen LogP contribution in [-0.2, 0) is 16.1 Å². The number of carboxylic acids is 1. The lowest BCUT2D eigenvalue weighted by atomic mass is 9.96. The van der Waals surface area contributed by atoms with Crippen LogP contribution in [0, 0.1) is 0 Å². The van der Waals surface area contributed by atoms with Crippen molar-refractivity contribution in [2.24, 2.45) is 4.99 Å². The molecule has 1 N–H and O–H groups in total. The number of aromatic carboxylic acids is 1. The summed E-state index contributed by atoms with van der Waals surface area (Å²) >= 11 is 1.25. The predicted molar refractivity (Wildman–Crippen MR) is 162 cm³/mol. The fourth-order valence-corrected chi connectivity index (χ4v) is 5.73. The molecule has 0 bridgehead atoms. The highest BCUT2D eigenvalue weighted by Crippen LogP contribution is 2.32. The van der Waals surface area contributed by atoms with E-state index in [1.807, 2.05) is 24.3 Å². The molecular formula is C33H30N2O7S.